The van der Waals surface area contributed by atoms with Gasteiger partial charge in [-0.2, -0.15) is 5.26 Å². The van der Waals surface area contributed by atoms with E-state index in [0.717, 1.165) is 53.9 Å². The Balaban J connectivity index is 1.51. The molecule has 1 aliphatic rings. The molecule has 30 heavy (non-hydrogen) atoms. The summed E-state index contributed by atoms with van der Waals surface area (Å²) in [5.41, 5.74) is 4.32. The Morgan fingerprint density at radius 3 is 1.83 bits per heavy atom. The third-order valence-corrected chi connectivity index (χ3v) is 6.18. The van der Waals surface area contributed by atoms with Gasteiger partial charge in [-0.1, -0.05) is 65.7 Å². The molecular weight excluding hydrogens is 413 g/mol. The first-order valence-electron chi connectivity index (χ1n) is 10.1. The molecule has 0 saturated carbocycles. The van der Waals surface area contributed by atoms with Crippen LogP contribution in [0.25, 0.3) is 0 Å². The van der Waals surface area contributed by atoms with E-state index in [1.54, 1.807) is 0 Å². The Morgan fingerprint density at radius 1 is 0.767 bits per heavy atom. The topological polar surface area (TPSA) is 30.3 Å². The highest BCUT2D eigenvalue weighted by Crippen LogP contribution is 2.31. The lowest BCUT2D eigenvalue weighted by Crippen LogP contribution is -2.47. The molecular formula is C25H23Cl2N3. The van der Waals surface area contributed by atoms with Crippen LogP contribution in [0.4, 0.5) is 0 Å². The van der Waals surface area contributed by atoms with Gasteiger partial charge in [0.2, 0.25) is 0 Å². The van der Waals surface area contributed by atoms with E-state index in [-0.39, 0.29) is 6.04 Å². The third-order valence-electron chi connectivity index (χ3n) is 5.68. The van der Waals surface area contributed by atoms with Crippen LogP contribution in [0, 0.1) is 11.3 Å². The minimum absolute atomic E-state index is 0.160. The maximum atomic E-state index is 9.36. The van der Waals surface area contributed by atoms with Gasteiger partial charge in [-0.05, 0) is 47.0 Å². The number of piperazine rings is 1. The lowest BCUT2D eigenvalue weighted by molar-refractivity contribution is 0.105. The SMILES string of the molecule is N#Cc1ccccc1CN1CCN(C(c2ccc(Cl)cc2)c2ccc(Cl)cc2)CC1. The molecule has 0 bridgehead atoms. The molecule has 152 valence electrons. The maximum Gasteiger partial charge on any atom is 0.0995 e. The smallest absolute Gasteiger partial charge is 0.0995 e. The van der Waals surface area contributed by atoms with Crippen molar-refractivity contribution in [3.8, 4) is 6.07 Å². The molecule has 3 aromatic carbocycles. The van der Waals surface area contributed by atoms with E-state index in [4.69, 9.17) is 23.2 Å². The van der Waals surface area contributed by atoms with E-state index in [2.05, 4.69) is 46.2 Å². The Kier molecular flexibility index (Phi) is 6.72. The minimum atomic E-state index is 0.160. The normalized spacial score (nSPS) is 15.3. The molecule has 1 aliphatic heterocycles. The van der Waals surface area contributed by atoms with Gasteiger partial charge in [0, 0.05) is 42.8 Å². The summed E-state index contributed by atoms with van der Waals surface area (Å²) >= 11 is 12.3. The number of halogens is 2. The van der Waals surface area contributed by atoms with Gasteiger partial charge in [0.25, 0.3) is 0 Å². The summed E-state index contributed by atoms with van der Waals surface area (Å²) in [5.74, 6) is 0. The van der Waals surface area contributed by atoms with E-state index in [9.17, 15) is 5.26 Å². The molecule has 0 unspecified atom stereocenters. The van der Waals surface area contributed by atoms with Crippen molar-refractivity contribution in [1.82, 2.24) is 9.80 Å². The molecule has 1 fully saturated rings. The van der Waals surface area contributed by atoms with Crippen molar-refractivity contribution in [2.45, 2.75) is 12.6 Å². The standard InChI is InChI=1S/C25H23Cl2N3/c26-23-9-5-19(6-10-23)25(20-7-11-24(27)12-8-20)30-15-13-29(14-16-30)18-22-4-2-1-3-21(22)17-28/h1-12,25H,13-16,18H2. The van der Waals surface area contributed by atoms with Gasteiger partial charge in [-0.25, -0.2) is 0 Å². The van der Waals surface area contributed by atoms with E-state index in [1.165, 1.54) is 11.1 Å². The Labute approximate surface area is 188 Å². The summed E-state index contributed by atoms with van der Waals surface area (Å²) in [7, 11) is 0. The van der Waals surface area contributed by atoms with Crippen LogP contribution < -0.4 is 0 Å². The van der Waals surface area contributed by atoms with Crippen LogP contribution in [0.15, 0.2) is 72.8 Å². The minimum Gasteiger partial charge on any atom is -0.296 e. The summed E-state index contributed by atoms with van der Waals surface area (Å²) < 4.78 is 0. The van der Waals surface area contributed by atoms with Crippen molar-refractivity contribution in [1.29, 1.82) is 5.26 Å². The van der Waals surface area contributed by atoms with Crippen LogP contribution in [0.3, 0.4) is 0 Å². The maximum absolute atomic E-state index is 9.36. The van der Waals surface area contributed by atoms with Gasteiger partial charge in [0.05, 0.1) is 17.7 Å². The van der Waals surface area contributed by atoms with Gasteiger partial charge in [-0.15, -0.1) is 0 Å². The van der Waals surface area contributed by atoms with E-state index >= 15 is 0 Å². The fourth-order valence-electron chi connectivity index (χ4n) is 4.09. The highest BCUT2D eigenvalue weighted by molar-refractivity contribution is 6.30. The number of hydrogen-bond acceptors (Lipinski definition) is 3. The van der Waals surface area contributed by atoms with Crippen molar-refractivity contribution >= 4 is 23.2 Å². The van der Waals surface area contributed by atoms with Crippen molar-refractivity contribution in [3.63, 3.8) is 0 Å². The molecule has 0 aromatic heterocycles. The molecule has 0 amide bonds. The molecule has 0 atom stereocenters. The second-order valence-corrected chi connectivity index (χ2v) is 8.46. The molecule has 0 radical (unpaired) electrons. The zero-order chi connectivity index (χ0) is 20.9. The fourth-order valence-corrected chi connectivity index (χ4v) is 4.34. The summed E-state index contributed by atoms with van der Waals surface area (Å²) in [5, 5.41) is 10.8. The summed E-state index contributed by atoms with van der Waals surface area (Å²) in [6, 6.07) is 26.6. The number of benzene rings is 3. The first-order chi connectivity index (χ1) is 14.6. The monoisotopic (exact) mass is 435 g/mol. The first-order valence-corrected chi connectivity index (χ1v) is 10.8. The van der Waals surface area contributed by atoms with Gasteiger partial charge >= 0.3 is 0 Å². The van der Waals surface area contributed by atoms with E-state index in [0.29, 0.717) is 0 Å². The molecule has 3 nitrogen and oxygen atoms in total. The van der Waals surface area contributed by atoms with Crippen molar-refractivity contribution < 1.29 is 0 Å². The van der Waals surface area contributed by atoms with E-state index < -0.39 is 0 Å². The van der Waals surface area contributed by atoms with Crippen molar-refractivity contribution in [2.24, 2.45) is 0 Å². The molecule has 0 spiro atoms. The van der Waals surface area contributed by atoms with Gasteiger partial charge < -0.3 is 0 Å². The Bertz CT molecular complexity index is 972. The number of nitrogens with zero attached hydrogens (tertiary/aromatic N) is 3. The molecule has 5 heteroatoms. The average molecular weight is 436 g/mol. The third kappa shape index (κ3) is 4.86. The number of hydrogen-bond donors (Lipinski definition) is 0. The predicted molar refractivity (Wildman–Crippen MR) is 123 cm³/mol. The van der Waals surface area contributed by atoms with Crippen LogP contribution in [0.2, 0.25) is 10.0 Å². The highest BCUT2D eigenvalue weighted by atomic mass is 35.5. The Morgan fingerprint density at radius 2 is 1.30 bits per heavy atom. The van der Waals surface area contributed by atoms with Gasteiger partial charge in [0.15, 0.2) is 0 Å². The van der Waals surface area contributed by atoms with Crippen LogP contribution in [-0.4, -0.2) is 36.0 Å². The zero-order valence-electron chi connectivity index (χ0n) is 16.6. The van der Waals surface area contributed by atoms with Crippen LogP contribution >= 0.6 is 23.2 Å². The quantitative estimate of drug-likeness (QED) is 0.509. The van der Waals surface area contributed by atoms with Gasteiger partial charge in [0.1, 0.15) is 0 Å². The fraction of sp³-hybridized carbons (Fsp3) is 0.240. The predicted octanol–water partition coefficient (Wildman–Crippen LogP) is 5.77. The molecule has 0 aliphatic carbocycles. The lowest BCUT2D eigenvalue weighted by Gasteiger charge is -2.40. The molecule has 4 rings (SSSR count). The number of nitriles is 1. The van der Waals surface area contributed by atoms with E-state index in [1.807, 2.05) is 42.5 Å². The largest absolute Gasteiger partial charge is 0.296 e. The highest BCUT2D eigenvalue weighted by Gasteiger charge is 2.26. The Hall–Kier alpha value is -2.35. The van der Waals surface area contributed by atoms with Crippen LogP contribution in [0.1, 0.15) is 28.3 Å². The van der Waals surface area contributed by atoms with Crippen LogP contribution in [-0.2, 0) is 6.54 Å². The van der Waals surface area contributed by atoms with Crippen LogP contribution in [0.5, 0.6) is 0 Å². The van der Waals surface area contributed by atoms with Crippen molar-refractivity contribution in [2.75, 3.05) is 26.2 Å². The van der Waals surface area contributed by atoms with Gasteiger partial charge in [-0.3, -0.25) is 9.80 Å². The van der Waals surface area contributed by atoms with Crippen molar-refractivity contribution in [3.05, 3.63) is 105 Å². The molecule has 1 heterocycles. The first kappa shape index (κ1) is 20.9. The lowest BCUT2D eigenvalue weighted by atomic mass is 9.96. The summed E-state index contributed by atoms with van der Waals surface area (Å²) in [4.78, 5) is 4.94. The molecule has 1 saturated heterocycles. The second-order valence-electron chi connectivity index (χ2n) is 7.59. The molecule has 3 aromatic rings. The average Bonchev–Trinajstić information content (AvgIpc) is 2.78. The summed E-state index contributed by atoms with van der Waals surface area (Å²) in [6.45, 7) is 4.62. The summed E-state index contributed by atoms with van der Waals surface area (Å²) in [6.07, 6.45) is 0. The second kappa shape index (κ2) is 9.64. The number of rotatable bonds is 5. The molecule has 0 N–H and O–H groups in total. The zero-order valence-corrected chi connectivity index (χ0v) is 18.2.